The molecule has 2 heterocycles. The number of methoxy groups -OCH3 is 1. The van der Waals surface area contributed by atoms with Gasteiger partial charge in [-0.3, -0.25) is 14.4 Å². The second kappa shape index (κ2) is 3.30. The molecule has 2 fully saturated rings. The summed E-state index contributed by atoms with van der Waals surface area (Å²) in [4.78, 5) is 34.5. The predicted octanol–water partition coefficient (Wildman–Crippen LogP) is -1.51. The molecule has 1 atom stereocenters. The molecule has 1 amide bonds. The van der Waals surface area contributed by atoms with Gasteiger partial charge in [0.15, 0.2) is 11.7 Å². The molecule has 0 aliphatic carbocycles. The first-order valence-electron chi connectivity index (χ1n) is 4.58. The summed E-state index contributed by atoms with van der Waals surface area (Å²) < 4.78 is 9.39. The van der Waals surface area contributed by atoms with Crippen molar-refractivity contribution < 1.29 is 23.9 Å². The topological polar surface area (TPSA) is 81.7 Å². The Kier molecular flexibility index (Phi) is 2.22. The molecule has 0 bridgehead atoms. The maximum absolute atomic E-state index is 11.9. The molecular formula is C9H11NO5. The van der Waals surface area contributed by atoms with Crippen LogP contribution < -0.4 is 5.32 Å². The molecule has 1 spiro atoms. The molecule has 1 unspecified atom stereocenters. The van der Waals surface area contributed by atoms with Crippen molar-refractivity contribution in [3.63, 3.8) is 0 Å². The third-order valence-electron chi connectivity index (χ3n) is 2.84. The molecule has 82 valence electrons. The highest BCUT2D eigenvalue weighted by molar-refractivity contribution is 6.20. The van der Waals surface area contributed by atoms with E-state index in [2.05, 4.69) is 10.1 Å². The van der Waals surface area contributed by atoms with Crippen LogP contribution in [0.3, 0.4) is 0 Å². The van der Waals surface area contributed by atoms with Gasteiger partial charge in [0, 0.05) is 6.54 Å². The second-order valence-corrected chi connectivity index (χ2v) is 3.81. The van der Waals surface area contributed by atoms with E-state index in [9.17, 15) is 14.4 Å². The zero-order valence-corrected chi connectivity index (χ0v) is 8.24. The third-order valence-corrected chi connectivity index (χ3v) is 2.84. The van der Waals surface area contributed by atoms with Crippen molar-refractivity contribution in [1.82, 2.24) is 5.32 Å². The van der Waals surface area contributed by atoms with Crippen LogP contribution in [0, 0.1) is 11.3 Å². The third kappa shape index (κ3) is 1.32. The number of hydrogen-bond donors (Lipinski definition) is 1. The summed E-state index contributed by atoms with van der Waals surface area (Å²) in [6.45, 7) is 0.775. The predicted molar refractivity (Wildman–Crippen MR) is 46.8 cm³/mol. The van der Waals surface area contributed by atoms with Gasteiger partial charge in [-0.15, -0.1) is 0 Å². The van der Waals surface area contributed by atoms with Crippen LogP contribution in [0.1, 0.15) is 0 Å². The Morgan fingerprint density at radius 1 is 1.53 bits per heavy atom. The molecule has 15 heavy (non-hydrogen) atoms. The van der Waals surface area contributed by atoms with E-state index in [-0.39, 0.29) is 25.5 Å². The van der Waals surface area contributed by atoms with Crippen LogP contribution >= 0.6 is 0 Å². The summed E-state index contributed by atoms with van der Waals surface area (Å²) >= 11 is 0. The number of carbonyl (C=O) groups is 3. The monoisotopic (exact) mass is 213 g/mol. The average Bonchev–Trinajstić information content (AvgIpc) is 2.15. The van der Waals surface area contributed by atoms with Crippen molar-refractivity contribution in [2.24, 2.45) is 11.3 Å². The molecule has 0 saturated carbocycles. The van der Waals surface area contributed by atoms with E-state index >= 15 is 0 Å². The smallest absolute Gasteiger partial charge is 0.325 e. The molecule has 0 radical (unpaired) electrons. The quantitative estimate of drug-likeness (QED) is 0.423. The first-order chi connectivity index (χ1) is 7.10. The van der Waals surface area contributed by atoms with E-state index in [1.807, 2.05) is 0 Å². The lowest BCUT2D eigenvalue weighted by Crippen LogP contribution is -2.65. The van der Waals surface area contributed by atoms with Crippen molar-refractivity contribution in [3.05, 3.63) is 0 Å². The van der Waals surface area contributed by atoms with Crippen molar-refractivity contribution >= 4 is 17.7 Å². The average molecular weight is 213 g/mol. The van der Waals surface area contributed by atoms with Crippen molar-refractivity contribution in [2.45, 2.75) is 0 Å². The Bertz CT molecular complexity index is 325. The number of Topliss-reactive ketones (excluding diaryl/α,β-unsaturated/α-hetero) is 1. The minimum absolute atomic E-state index is 0.248. The number of piperidine rings is 1. The minimum Gasteiger partial charge on any atom is -0.468 e. The van der Waals surface area contributed by atoms with Gasteiger partial charge >= 0.3 is 5.97 Å². The molecule has 0 aromatic carbocycles. The lowest BCUT2D eigenvalue weighted by Gasteiger charge is -2.44. The van der Waals surface area contributed by atoms with Gasteiger partial charge < -0.3 is 14.8 Å². The van der Waals surface area contributed by atoms with E-state index in [1.54, 1.807) is 0 Å². The van der Waals surface area contributed by atoms with Crippen molar-refractivity contribution in [3.8, 4) is 0 Å². The van der Waals surface area contributed by atoms with Gasteiger partial charge in [0.25, 0.3) is 0 Å². The van der Waals surface area contributed by atoms with Gasteiger partial charge in [-0.25, -0.2) is 0 Å². The second-order valence-electron chi connectivity index (χ2n) is 3.81. The van der Waals surface area contributed by atoms with E-state index in [0.29, 0.717) is 0 Å². The zero-order chi connectivity index (χ0) is 11.1. The fourth-order valence-electron chi connectivity index (χ4n) is 1.80. The Hall–Kier alpha value is -1.43. The first kappa shape index (κ1) is 10.1. The van der Waals surface area contributed by atoms with E-state index in [4.69, 9.17) is 4.74 Å². The van der Waals surface area contributed by atoms with Gasteiger partial charge in [0.1, 0.15) is 0 Å². The Balaban J connectivity index is 2.23. The minimum atomic E-state index is -1.33. The Morgan fingerprint density at radius 2 is 2.20 bits per heavy atom. The summed E-state index contributed by atoms with van der Waals surface area (Å²) in [5.74, 6) is -3.09. The van der Waals surface area contributed by atoms with Crippen molar-refractivity contribution in [1.29, 1.82) is 0 Å². The summed E-state index contributed by atoms with van der Waals surface area (Å²) in [5, 5.41) is 2.53. The molecular weight excluding hydrogens is 202 g/mol. The van der Waals surface area contributed by atoms with Gasteiger partial charge in [0.2, 0.25) is 5.91 Å². The lowest BCUT2D eigenvalue weighted by atomic mass is 9.73. The van der Waals surface area contributed by atoms with E-state index in [0.717, 1.165) is 7.11 Å². The molecule has 2 saturated heterocycles. The summed E-state index contributed by atoms with van der Waals surface area (Å²) in [5.41, 5.74) is -0.702. The van der Waals surface area contributed by atoms with Gasteiger partial charge in [-0.1, -0.05) is 0 Å². The number of carbonyl (C=O) groups excluding carboxylic acids is 3. The number of hydrogen-bond acceptors (Lipinski definition) is 5. The largest absolute Gasteiger partial charge is 0.468 e. The first-order valence-corrected chi connectivity index (χ1v) is 4.58. The van der Waals surface area contributed by atoms with Crippen LogP contribution in [0.15, 0.2) is 0 Å². The van der Waals surface area contributed by atoms with Crippen LogP contribution in [0.5, 0.6) is 0 Å². The van der Waals surface area contributed by atoms with Crippen LogP contribution in [0.4, 0.5) is 0 Å². The highest BCUT2D eigenvalue weighted by Crippen LogP contribution is 2.33. The Morgan fingerprint density at radius 3 is 2.67 bits per heavy atom. The van der Waals surface area contributed by atoms with Crippen molar-refractivity contribution in [2.75, 3.05) is 26.9 Å². The summed E-state index contributed by atoms with van der Waals surface area (Å²) in [6, 6.07) is 0. The van der Waals surface area contributed by atoms with E-state index < -0.39 is 23.2 Å². The molecule has 0 aromatic rings. The van der Waals surface area contributed by atoms with E-state index in [1.165, 1.54) is 0 Å². The molecule has 2 aliphatic rings. The van der Waals surface area contributed by atoms with Crippen LogP contribution in [-0.4, -0.2) is 44.5 Å². The van der Waals surface area contributed by atoms with Gasteiger partial charge in [-0.2, -0.15) is 0 Å². The SMILES string of the molecule is COC(=O)C1C(=O)NCC2(COC2)C1=O. The fourth-order valence-corrected chi connectivity index (χ4v) is 1.80. The van der Waals surface area contributed by atoms with Crippen LogP contribution in [0.2, 0.25) is 0 Å². The highest BCUT2D eigenvalue weighted by atomic mass is 16.5. The standard InChI is InChI=1S/C9H11NO5/c1-14-8(13)5-6(11)9(3-15-4-9)2-10-7(5)12/h5H,2-4H2,1H3,(H,10,12). The molecule has 2 rings (SSSR count). The zero-order valence-electron chi connectivity index (χ0n) is 8.24. The summed E-state index contributed by atoms with van der Waals surface area (Å²) in [7, 11) is 1.15. The fraction of sp³-hybridized carbons (Fsp3) is 0.667. The number of esters is 1. The molecule has 0 aromatic heterocycles. The lowest BCUT2D eigenvalue weighted by molar-refractivity contribution is -0.176. The number of ketones is 1. The van der Waals surface area contributed by atoms with Gasteiger partial charge in [-0.05, 0) is 0 Å². The maximum Gasteiger partial charge on any atom is 0.325 e. The van der Waals surface area contributed by atoms with Crippen LogP contribution in [-0.2, 0) is 23.9 Å². The molecule has 1 N–H and O–H groups in total. The molecule has 6 heteroatoms. The Labute approximate surface area is 85.9 Å². The number of nitrogens with one attached hydrogen (secondary N) is 1. The summed E-state index contributed by atoms with van der Waals surface area (Å²) in [6.07, 6.45) is 0. The maximum atomic E-state index is 11.9. The highest BCUT2D eigenvalue weighted by Gasteiger charge is 2.56. The van der Waals surface area contributed by atoms with Crippen LogP contribution in [0.25, 0.3) is 0 Å². The number of ether oxygens (including phenoxy) is 2. The number of amides is 1. The normalized spacial score (nSPS) is 28.2. The molecule has 6 nitrogen and oxygen atoms in total. The number of rotatable bonds is 1. The van der Waals surface area contributed by atoms with Gasteiger partial charge in [0.05, 0.1) is 25.7 Å². The molecule has 2 aliphatic heterocycles.